The Kier molecular flexibility index (Phi) is 9.22. The molecule has 10 heteroatoms. The fourth-order valence-electron chi connectivity index (χ4n) is 3.78. The van der Waals surface area contributed by atoms with Gasteiger partial charge >= 0.3 is 0 Å². The Balaban J connectivity index is 2.04. The Bertz CT molecular complexity index is 1380. The topological polar surface area (TPSA) is 86.8 Å². The molecule has 3 aromatic rings. The van der Waals surface area contributed by atoms with E-state index >= 15 is 0 Å². The van der Waals surface area contributed by atoms with Gasteiger partial charge in [0.15, 0.2) is 0 Å². The highest BCUT2D eigenvalue weighted by Crippen LogP contribution is 2.27. The van der Waals surface area contributed by atoms with Gasteiger partial charge in [-0.05, 0) is 69.7 Å². The Morgan fingerprint density at radius 1 is 0.895 bits per heavy atom. The first-order valence-corrected chi connectivity index (χ1v) is 13.5. The number of nitrogens with zero attached hydrogens (tertiary/aromatic N) is 2. The van der Waals surface area contributed by atoms with Gasteiger partial charge in [0.05, 0.1) is 10.6 Å². The summed E-state index contributed by atoms with van der Waals surface area (Å²) in [7, 11) is -4.37. The molecule has 0 saturated carbocycles. The number of anilines is 1. The first-order chi connectivity index (χ1) is 17.9. The van der Waals surface area contributed by atoms with Crippen molar-refractivity contribution in [3.63, 3.8) is 0 Å². The maximum atomic E-state index is 14.9. The zero-order chi connectivity index (χ0) is 28.0. The SMILES string of the molecule is Cc1ccc(S(=O)(=O)N(CC(=O)N(Cc2ccc(F)cc2)[C@@H](C)C(=O)NC(C)C)c2ccccc2F)cc1. The second-order valence-electron chi connectivity index (χ2n) is 9.26. The van der Waals surface area contributed by atoms with Gasteiger partial charge in [-0.25, -0.2) is 17.2 Å². The molecule has 38 heavy (non-hydrogen) atoms. The Labute approximate surface area is 222 Å². The van der Waals surface area contributed by atoms with Gasteiger partial charge in [0, 0.05) is 12.6 Å². The van der Waals surface area contributed by atoms with E-state index in [9.17, 15) is 26.8 Å². The Morgan fingerprint density at radius 3 is 2.08 bits per heavy atom. The maximum Gasteiger partial charge on any atom is 0.264 e. The van der Waals surface area contributed by atoms with Crippen LogP contribution in [0.4, 0.5) is 14.5 Å². The number of sulfonamides is 1. The standard InChI is InChI=1S/C28H31F2N3O4S/c1-19(2)31-28(35)21(4)32(17-22-11-13-23(29)14-12-22)27(34)18-33(26-8-6-5-7-25(26)30)38(36,37)24-15-9-20(3)10-16-24/h5-16,19,21H,17-18H2,1-4H3,(H,31,35)/t21-/m0/s1. The first-order valence-electron chi connectivity index (χ1n) is 12.1. The third kappa shape index (κ3) is 6.95. The van der Waals surface area contributed by atoms with Crippen molar-refractivity contribution in [1.82, 2.24) is 10.2 Å². The predicted octanol–water partition coefficient (Wildman–Crippen LogP) is 4.41. The monoisotopic (exact) mass is 543 g/mol. The predicted molar refractivity (Wildman–Crippen MR) is 142 cm³/mol. The molecule has 0 aliphatic rings. The number of hydrogen-bond acceptors (Lipinski definition) is 4. The molecule has 0 saturated heterocycles. The van der Waals surface area contributed by atoms with E-state index in [0.717, 1.165) is 11.6 Å². The van der Waals surface area contributed by atoms with Crippen LogP contribution in [0.5, 0.6) is 0 Å². The average molecular weight is 544 g/mol. The lowest BCUT2D eigenvalue weighted by molar-refractivity contribution is -0.139. The normalized spacial score (nSPS) is 12.2. The van der Waals surface area contributed by atoms with Crippen molar-refractivity contribution < 1.29 is 26.8 Å². The number of aryl methyl sites for hydroxylation is 1. The van der Waals surface area contributed by atoms with Crippen LogP contribution in [0.3, 0.4) is 0 Å². The van der Waals surface area contributed by atoms with Crippen LogP contribution in [0.15, 0.2) is 77.7 Å². The number of rotatable bonds is 10. The average Bonchev–Trinajstić information content (AvgIpc) is 2.86. The molecule has 1 N–H and O–H groups in total. The van der Waals surface area contributed by atoms with Gasteiger partial charge in [0.1, 0.15) is 24.2 Å². The van der Waals surface area contributed by atoms with Crippen LogP contribution in [0.25, 0.3) is 0 Å². The fraction of sp³-hybridized carbons (Fsp3) is 0.286. The Hall–Kier alpha value is -3.79. The molecular formula is C28H31F2N3O4S. The smallest absolute Gasteiger partial charge is 0.264 e. The lowest BCUT2D eigenvalue weighted by atomic mass is 10.1. The first kappa shape index (κ1) is 28.8. The van der Waals surface area contributed by atoms with Crippen LogP contribution < -0.4 is 9.62 Å². The van der Waals surface area contributed by atoms with E-state index in [1.54, 1.807) is 32.9 Å². The summed E-state index contributed by atoms with van der Waals surface area (Å²) in [6, 6.07) is 15.4. The van der Waals surface area contributed by atoms with Crippen molar-refractivity contribution in [3.05, 3.63) is 95.6 Å². The zero-order valence-electron chi connectivity index (χ0n) is 21.7. The molecule has 7 nitrogen and oxygen atoms in total. The maximum absolute atomic E-state index is 14.9. The van der Waals surface area contributed by atoms with Crippen molar-refractivity contribution in [3.8, 4) is 0 Å². The number of carbonyl (C=O) groups is 2. The van der Waals surface area contributed by atoms with Gasteiger partial charge in [-0.1, -0.05) is 42.0 Å². The zero-order valence-corrected chi connectivity index (χ0v) is 22.5. The molecule has 202 valence electrons. The molecule has 0 spiro atoms. The largest absolute Gasteiger partial charge is 0.352 e. The lowest BCUT2D eigenvalue weighted by Gasteiger charge is -2.32. The van der Waals surface area contributed by atoms with Crippen LogP contribution in [-0.4, -0.2) is 43.8 Å². The van der Waals surface area contributed by atoms with Crippen LogP contribution in [0.2, 0.25) is 0 Å². The van der Waals surface area contributed by atoms with E-state index in [1.165, 1.54) is 66.4 Å². The highest BCUT2D eigenvalue weighted by atomic mass is 32.2. The van der Waals surface area contributed by atoms with Gasteiger partial charge in [-0.3, -0.25) is 13.9 Å². The summed E-state index contributed by atoms with van der Waals surface area (Å²) >= 11 is 0. The van der Waals surface area contributed by atoms with Crippen molar-refractivity contribution in [1.29, 1.82) is 0 Å². The summed E-state index contributed by atoms with van der Waals surface area (Å²) in [5.74, 6) is -2.48. The Morgan fingerprint density at radius 2 is 1.50 bits per heavy atom. The number of para-hydroxylation sites is 1. The summed E-state index contributed by atoms with van der Waals surface area (Å²) in [6.07, 6.45) is 0. The molecule has 0 fully saturated rings. The van der Waals surface area contributed by atoms with E-state index in [-0.39, 0.29) is 23.2 Å². The van der Waals surface area contributed by atoms with Gasteiger partial charge < -0.3 is 10.2 Å². The summed E-state index contributed by atoms with van der Waals surface area (Å²) in [5.41, 5.74) is 1.05. The van der Waals surface area contributed by atoms with E-state index in [2.05, 4.69) is 5.32 Å². The van der Waals surface area contributed by atoms with Gasteiger partial charge in [0.2, 0.25) is 11.8 Å². The molecule has 0 radical (unpaired) electrons. The fourth-order valence-corrected chi connectivity index (χ4v) is 5.20. The molecule has 3 aromatic carbocycles. The molecule has 2 amide bonds. The van der Waals surface area contributed by atoms with Crippen LogP contribution in [-0.2, 0) is 26.2 Å². The second-order valence-corrected chi connectivity index (χ2v) is 11.1. The minimum absolute atomic E-state index is 0.0957. The molecule has 0 heterocycles. The number of halogens is 2. The summed E-state index contributed by atoms with van der Waals surface area (Å²) in [4.78, 5) is 27.6. The molecule has 0 bridgehead atoms. The molecule has 1 atom stereocenters. The van der Waals surface area contributed by atoms with Crippen molar-refractivity contribution in [2.75, 3.05) is 10.8 Å². The van der Waals surface area contributed by atoms with E-state index < -0.39 is 46.1 Å². The summed E-state index contributed by atoms with van der Waals surface area (Å²) in [5, 5.41) is 2.74. The van der Waals surface area contributed by atoms with Crippen molar-refractivity contribution >= 4 is 27.5 Å². The summed E-state index contributed by atoms with van der Waals surface area (Å²) < 4.78 is 56.4. The van der Waals surface area contributed by atoms with Crippen LogP contribution in [0, 0.1) is 18.6 Å². The molecular weight excluding hydrogens is 512 g/mol. The summed E-state index contributed by atoms with van der Waals surface area (Å²) in [6.45, 7) is 5.99. The molecule has 0 aromatic heterocycles. The molecule has 3 rings (SSSR count). The number of amides is 2. The van der Waals surface area contributed by atoms with Crippen LogP contribution >= 0.6 is 0 Å². The third-order valence-corrected chi connectivity index (χ3v) is 7.65. The number of nitrogens with one attached hydrogen (secondary N) is 1. The quantitative estimate of drug-likeness (QED) is 0.411. The third-order valence-electron chi connectivity index (χ3n) is 5.87. The minimum atomic E-state index is -4.37. The van der Waals surface area contributed by atoms with Crippen molar-refractivity contribution in [2.24, 2.45) is 0 Å². The van der Waals surface area contributed by atoms with Gasteiger partial charge in [-0.2, -0.15) is 0 Å². The van der Waals surface area contributed by atoms with E-state index in [1.807, 2.05) is 0 Å². The van der Waals surface area contributed by atoms with Gasteiger partial charge in [0.25, 0.3) is 10.0 Å². The molecule has 0 aliphatic carbocycles. The van der Waals surface area contributed by atoms with E-state index in [4.69, 9.17) is 0 Å². The molecule has 0 unspecified atom stereocenters. The number of carbonyl (C=O) groups excluding carboxylic acids is 2. The highest BCUT2D eigenvalue weighted by molar-refractivity contribution is 7.92. The second kappa shape index (κ2) is 12.2. The highest BCUT2D eigenvalue weighted by Gasteiger charge is 2.33. The minimum Gasteiger partial charge on any atom is -0.352 e. The number of hydrogen-bond donors (Lipinski definition) is 1. The van der Waals surface area contributed by atoms with Crippen LogP contribution in [0.1, 0.15) is 31.9 Å². The number of benzene rings is 3. The molecule has 0 aliphatic heterocycles. The van der Waals surface area contributed by atoms with Crippen molar-refractivity contribution in [2.45, 2.75) is 51.2 Å². The van der Waals surface area contributed by atoms with Gasteiger partial charge in [-0.15, -0.1) is 0 Å². The van der Waals surface area contributed by atoms with E-state index in [0.29, 0.717) is 9.87 Å². The lowest BCUT2D eigenvalue weighted by Crippen LogP contribution is -2.52.